The fourth-order valence-electron chi connectivity index (χ4n) is 4.28. The first-order valence-electron chi connectivity index (χ1n) is 10.3. The van der Waals surface area contributed by atoms with Crippen molar-refractivity contribution in [2.45, 2.75) is 50.0 Å². The van der Waals surface area contributed by atoms with Crippen LogP contribution in [-0.4, -0.2) is 36.7 Å². The Morgan fingerprint density at radius 2 is 1.79 bits per heavy atom. The molecule has 1 aliphatic heterocycles. The highest BCUT2D eigenvalue weighted by molar-refractivity contribution is 7.89. The second-order valence-electron chi connectivity index (χ2n) is 7.97. The van der Waals surface area contributed by atoms with Crippen molar-refractivity contribution < 1.29 is 13.2 Å². The van der Waals surface area contributed by atoms with Gasteiger partial charge >= 0.3 is 0 Å². The lowest BCUT2D eigenvalue weighted by atomic mass is 9.96. The summed E-state index contributed by atoms with van der Waals surface area (Å²) in [5, 5.41) is 3.04. The SMILES string of the molecule is C[C@@H](NC(=O)C1CCN(S(=O)(=O)c2ccc3c(c2)CCC3)CC1)c1ccncc1. The van der Waals surface area contributed by atoms with Gasteiger partial charge in [0, 0.05) is 31.4 Å². The number of aromatic nitrogens is 1. The standard InChI is InChI=1S/C22H27N3O3S/c1-16(17-7-11-23-12-8-17)24-22(26)19-9-13-25(14-10-19)29(27,28)21-6-5-18-3-2-4-20(18)15-21/h5-8,11-12,15-16,19H,2-4,9-10,13-14H2,1H3,(H,24,26)/t16-/m1/s1. The zero-order valence-corrected chi connectivity index (χ0v) is 17.5. The number of benzene rings is 1. The summed E-state index contributed by atoms with van der Waals surface area (Å²) in [4.78, 5) is 17.0. The summed E-state index contributed by atoms with van der Waals surface area (Å²) < 4.78 is 27.6. The highest BCUT2D eigenvalue weighted by Gasteiger charge is 2.33. The third-order valence-corrected chi connectivity index (χ3v) is 7.99. The van der Waals surface area contributed by atoms with E-state index >= 15 is 0 Å². The molecule has 2 heterocycles. The molecule has 1 atom stereocenters. The molecule has 7 heteroatoms. The van der Waals surface area contributed by atoms with Crippen LogP contribution in [0.3, 0.4) is 0 Å². The molecule has 1 amide bonds. The van der Waals surface area contributed by atoms with Crippen LogP contribution in [-0.2, 0) is 27.7 Å². The van der Waals surface area contributed by atoms with Gasteiger partial charge in [-0.2, -0.15) is 4.31 Å². The van der Waals surface area contributed by atoms with Crippen molar-refractivity contribution in [1.29, 1.82) is 0 Å². The van der Waals surface area contributed by atoms with Crippen LogP contribution in [0.15, 0.2) is 47.6 Å². The molecular weight excluding hydrogens is 386 g/mol. The van der Waals surface area contributed by atoms with Gasteiger partial charge in [0.15, 0.2) is 0 Å². The van der Waals surface area contributed by atoms with Crippen LogP contribution >= 0.6 is 0 Å². The van der Waals surface area contributed by atoms with Gasteiger partial charge in [-0.3, -0.25) is 9.78 Å². The Hall–Kier alpha value is -2.25. The third kappa shape index (κ3) is 4.21. The number of nitrogens with one attached hydrogen (secondary N) is 1. The fourth-order valence-corrected chi connectivity index (χ4v) is 5.80. The van der Waals surface area contributed by atoms with Crippen molar-refractivity contribution >= 4 is 15.9 Å². The van der Waals surface area contributed by atoms with Gasteiger partial charge in [0.1, 0.15) is 0 Å². The van der Waals surface area contributed by atoms with Gasteiger partial charge in [-0.15, -0.1) is 0 Å². The molecule has 0 saturated carbocycles. The predicted molar refractivity (Wildman–Crippen MR) is 111 cm³/mol. The maximum Gasteiger partial charge on any atom is 0.243 e. The Balaban J connectivity index is 1.37. The second kappa shape index (κ2) is 8.24. The molecule has 2 aromatic rings. The average Bonchev–Trinajstić information content (AvgIpc) is 3.22. The van der Waals surface area contributed by atoms with Crippen molar-refractivity contribution in [3.05, 3.63) is 59.4 Å². The number of hydrogen-bond acceptors (Lipinski definition) is 4. The van der Waals surface area contributed by atoms with E-state index in [0.717, 1.165) is 30.4 Å². The van der Waals surface area contributed by atoms with Crippen LogP contribution in [0.5, 0.6) is 0 Å². The third-order valence-electron chi connectivity index (χ3n) is 6.10. The number of rotatable bonds is 5. The van der Waals surface area contributed by atoms with Crippen LogP contribution in [0, 0.1) is 5.92 Å². The minimum Gasteiger partial charge on any atom is -0.349 e. The van der Waals surface area contributed by atoms with Gasteiger partial charge in [-0.1, -0.05) is 6.07 Å². The van der Waals surface area contributed by atoms with Gasteiger partial charge in [0.05, 0.1) is 10.9 Å². The summed E-state index contributed by atoms with van der Waals surface area (Å²) in [5.74, 6) is -0.172. The minimum atomic E-state index is -3.50. The van der Waals surface area contributed by atoms with E-state index in [4.69, 9.17) is 0 Å². The molecule has 1 aliphatic carbocycles. The van der Waals surface area contributed by atoms with E-state index in [-0.39, 0.29) is 17.9 Å². The molecule has 0 bridgehead atoms. The molecule has 1 aromatic heterocycles. The first kappa shape index (κ1) is 20.0. The van der Waals surface area contributed by atoms with Gasteiger partial charge < -0.3 is 5.32 Å². The summed E-state index contributed by atoms with van der Waals surface area (Å²) in [5.41, 5.74) is 3.43. The molecule has 0 spiro atoms. The Kier molecular flexibility index (Phi) is 5.69. The maximum absolute atomic E-state index is 13.0. The predicted octanol–water partition coefficient (Wildman–Crippen LogP) is 2.85. The van der Waals surface area contributed by atoms with Crippen LogP contribution in [0.2, 0.25) is 0 Å². The Morgan fingerprint density at radius 1 is 1.10 bits per heavy atom. The number of aryl methyl sites for hydroxylation is 2. The minimum absolute atomic E-state index is 0.0103. The van der Waals surface area contributed by atoms with Crippen molar-refractivity contribution in [1.82, 2.24) is 14.6 Å². The Morgan fingerprint density at radius 3 is 2.52 bits per heavy atom. The molecule has 1 fully saturated rings. The van der Waals surface area contributed by atoms with Crippen LogP contribution in [0.4, 0.5) is 0 Å². The van der Waals surface area contributed by atoms with E-state index < -0.39 is 10.0 Å². The number of carbonyl (C=O) groups excluding carboxylic acids is 1. The molecule has 1 saturated heterocycles. The van der Waals surface area contributed by atoms with E-state index in [2.05, 4.69) is 10.3 Å². The molecular formula is C22H27N3O3S. The average molecular weight is 414 g/mol. The number of fused-ring (bicyclic) bond motifs is 1. The number of hydrogen-bond donors (Lipinski definition) is 1. The lowest BCUT2D eigenvalue weighted by Gasteiger charge is -2.31. The van der Waals surface area contributed by atoms with Crippen LogP contribution in [0.25, 0.3) is 0 Å². The molecule has 1 aromatic carbocycles. The van der Waals surface area contributed by atoms with Crippen molar-refractivity contribution in [2.24, 2.45) is 5.92 Å². The summed E-state index contributed by atoms with van der Waals surface area (Å²) in [6.45, 7) is 2.70. The van der Waals surface area contributed by atoms with Crippen LogP contribution < -0.4 is 5.32 Å². The van der Waals surface area contributed by atoms with Gasteiger partial charge in [-0.05, 0) is 80.0 Å². The van der Waals surface area contributed by atoms with Crippen molar-refractivity contribution in [2.75, 3.05) is 13.1 Å². The number of amides is 1. The number of nitrogens with zero attached hydrogens (tertiary/aromatic N) is 2. The smallest absolute Gasteiger partial charge is 0.243 e. The first-order chi connectivity index (χ1) is 13.9. The van der Waals surface area contributed by atoms with E-state index in [1.165, 1.54) is 9.87 Å². The molecule has 4 rings (SSSR count). The number of carbonyl (C=O) groups is 1. The van der Waals surface area contributed by atoms with E-state index in [1.54, 1.807) is 18.5 Å². The fraction of sp³-hybridized carbons (Fsp3) is 0.455. The summed E-state index contributed by atoms with van der Waals surface area (Å²) in [7, 11) is -3.50. The van der Waals surface area contributed by atoms with E-state index in [1.807, 2.05) is 31.2 Å². The monoisotopic (exact) mass is 413 g/mol. The maximum atomic E-state index is 13.0. The van der Waals surface area contributed by atoms with Gasteiger partial charge in [-0.25, -0.2) is 8.42 Å². The lowest BCUT2D eigenvalue weighted by Crippen LogP contribution is -2.43. The quantitative estimate of drug-likeness (QED) is 0.817. The van der Waals surface area contributed by atoms with Crippen LogP contribution in [0.1, 0.15) is 48.9 Å². The number of pyridine rings is 1. The largest absolute Gasteiger partial charge is 0.349 e. The lowest BCUT2D eigenvalue weighted by molar-refractivity contribution is -0.126. The number of piperidine rings is 1. The van der Waals surface area contributed by atoms with Crippen molar-refractivity contribution in [3.8, 4) is 0 Å². The first-order valence-corrected chi connectivity index (χ1v) is 11.7. The molecule has 0 unspecified atom stereocenters. The van der Waals surface area contributed by atoms with E-state index in [9.17, 15) is 13.2 Å². The van der Waals surface area contributed by atoms with Gasteiger partial charge in [0.2, 0.25) is 15.9 Å². The van der Waals surface area contributed by atoms with Crippen molar-refractivity contribution in [3.63, 3.8) is 0 Å². The molecule has 0 radical (unpaired) electrons. The van der Waals surface area contributed by atoms with Gasteiger partial charge in [0.25, 0.3) is 0 Å². The zero-order chi connectivity index (χ0) is 20.4. The summed E-state index contributed by atoms with van der Waals surface area (Å²) in [6.07, 6.45) is 7.58. The van der Waals surface area contributed by atoms with E-state index in [0.29, 0.717) is 30.8 Å². The highest BCUT2D eigenvalue weighted by atomic mass is 32.2. The zero-order valence-electron chi connectivity index (χ0n) is 16.7. The Labute approximate surface area is 172 Å². The molecule has 154 valence electrons. The normalized spacial score (nSPS) is 18.9. The summed E-state index contributed by atoms with van der Waals surface area (Å²) in [6, 6.07) is 9.20. The second-order valence-corrected chi connectivity index (χ2v) is 9.91. The summed E-state index contributed by atoms with van der Waals surface area (Å²) >= 11 is 0. The molecule has 2 aliphatic rings. The Bertz CT molecular complexity index is 984. The molecule has 1 N–H and O–H groups in total. The number of sulfonamides is 1. The molecule has 6 nitrogen and oxygen atoms in total. The topological polar surface area (TPSA) is 79.4 Å². The molecule has 29 heavy (non-hydrogen) atoms. The highest BCUT2D eigenvalue weighted by Crippen LogP contribution is 2.29.